The third kappa shape index (κ3) is 16.8. The Hall–Kier alpha value is -4.87. The van der Waals surface area contributed by atoms with Crippen molar-refractivity contribution in [2.75, 3.05) is 100 Å². The first-order valence-electron chi connectivity index (χ1n) is 20.5. The minimum atomic E-state index is -1.13. The largest absolute Gasteiger partial charge is 0.496 e. The van der Waals surface area contributed by atoms with Gasteiger partial charge in [0.25, 0.3) is 5.91 Å². The number of carboxylic acids is 2. The molecule has 1 fully saturated rings. The van der Waals surface area contributed by atoms with Crippen molar-refractivity contribution in [2.45, 2.75) is 57.8 Å². The van der Waals surface area contributed by atoms with Gasteiger partial charge in [0.2, 0.25) is 11.9 Å². The molecule has 3 heterocycles. The highest BCUT2D eigenvalue weighted by molar-refractivity contribution is 8.01. The van der Waals surface area contributed by atoms with Crippen molar-refractivity contribution in [3.63, 3.8) is 0 Å². The maximum atomic E-state index is 12.9. The normalized spacial score (nSPS) is 14.0. The SMILES string of the molecule is CCCCCNc1nc(N)nc2ccn(Cc3ccc(CN4CCN(C(=O)CCOCCNC(=O)CON=C(CSCC(N)C(=O)O)CSCC(N)C(=O)O)CC4)cc3OC)c12. The third-order valence-corrected chi connectivity index (χ3v) is 12.0. The summed E-state index contributed by atoms with van der Waals surface area (Å²) in [6.45, 7) is 7.21. The number of nitrogens with one attached hydrogen (secondary N) is 2. The van der Waals surface area contributed by atoms with Gasteiger partial charge in [-0.2, -0.15) is 28.5 Å². The molecule has 62 heavy (non-hydrogen) atoms. The van der Waals surface area contributed by atoms with Crippen LogP contribution in [0.3, 0.4) is 0 Å². The smallest absolute Gasteiger partial charge is 0.321 e. The van der Waals surface area contributed by atoms with E-state index in [-0.39, 0.29) is 67.7 Å². The van der Waals surface area contributed by atoms with Crippen molar-refractivity contribution in [3.8, 4) is 5.75 Å². The zero-order valence-electron chi connectivity index (χ0n) is 35.5. The number of amides is 2. The molecule has 1 saturated heterocycles. The summed E-state index contributed by atoms with van der Waals surface area (Å²) in [5.74, 6) is -0.127. The molecule has 10 N–H and O–H groups in total. The molecular formula is C40H61N11O9S2. The van der Waals surface area contributed by atoms with Crippen molar-refractivity contribution < 1.29 is 43.7 Å². The summed E-state index contributed by atoms with van der Waals surface area (Å²) in [6.07, 6.45) is 5.53. The maximum Gasteiger partial charge on any atom is 0.321 e. The molecule has 2 aromatic heterocycles. The number of nitrogens with two attached hydrogens (primary N) is 3. The monoisotopic (exact) mass is 903 g/mol. The van der Waals surface area contributed by atoms with Gasteiger partial charge in [0.15, 0.2) is 12.4 Å². The summed E-state index contributed by atoms with van der Waals surface area (Å²) in [6, 6.07) is 6.13. The maximum absolute atomic E-state index is 12.9. The van der Waals surface area contributed by atoms with Crippen molar-refractivity contribution in [1.29, 1.82) is 0 Å². The minimum absolute atomic E-state index is 0.0120. The lowest BCUT2D eigenvalue weighted by atomic mass is 10.1. The number of piperazine rings is 1. The van der Waals surface area contributed by atoms with Crippen LogP contribution in [-0.4, -0.2) is 165 Å². The first kappa shape index (κ1) is 49.8. The van der Waals surface area contributed by atoms with Crippen LogP contribution in [0.2, 0.25) is 0 Å². The molecule has 20 nitrogen and oxygen atoms in total. The Bertz CT molecular complexity index is 1920. The fourth-order valence-corrected chi connectivity index (χ4v) is 8.28. The van der Waals surface area contributed by atoms with Crippen molar-refractivity contribution in [2.24, 2.45) is 16.6 Å². The molecule has 2 amide bonds. The molecule has 22 heteroatoms. The molecule has 1 aliphatic rings. The first-order chi connectivity index (χ1) is 29.9. The van der Waals surface area contributed by atoms with E-state index in [9.17, 15) is 19.2 Å². The quantitative estimate of drug-likeness (QED) is 0.0295. The number of aliphatic carboxylic acids is 2. The van der Waals surface area contributed by atoms with Crippen molar-refractivity contribution in [3.05, 3.63) is 41.6 Å². The number of rotatable bonds is 29. The number of hydrogen-bond acceptors (Lipinski definition) is 17. The minimum Gasteiger partial charge on any atom is -0.496 e. The van der Waals surface area contributed by atoms with Crippen molar-refractivity contribution in [1.82, 2.24) is 29.7 Å². The van der Waals surface area contributed by atoms with Crippen LogP contribution in [-0.2, 0) is 41.8 Å². The van der Waals surface area contributed by atoms with Crippen LogP contribution in [0.4, 0.5) is 11.8 Å². The molecule has 1 aliphatic heterocycles. The van der Waals surface area contributed by atoms with E-state index in [1.165, 1.54) is 23.5 Å². The van der Waals surface area contributed by atoms with E-state index in [4.69, 9.17) is 41.7 Å². The van der Waals surface area contributed by atoms with Crippen LogP contribution in [0.5, 0.6) is 5.75 Å². The number of carboxylic acid groups (broad SMARTS) is 2. The van der Waals surface area contributed by atoms with E-state index in [1.54, 1.807) is 7.11 Å². The molecule has 4 rings (SSSR count). The number of fused-ring (bicyclic) bond motifs is 1. The van der Waals surface area contributed by atoms with E-state index in [2.05, 4.69) is 60.3 Å². The molecule has 2 atom stereocenters. The Morgan fingerprint density at radius 2 is 1.65 bits per heavy atom. The standard InChI is InChI=1S/C40H61N11O9S2/c1-3-4-5-10-45-37-36-32(46-40(43)47-37)8-12-51(36)21-28-7-6-27(19-33(28)58-2)20-49-13-15-50(16-14-49)35(53)9-17-59-18-11-44-34(52)22-60-48-29(23-61-25-30(41)38(54)55)24-62-26-31(42)39(56)57/h6-8,12,19,30-31H,3-5,9-11,13-18,20-26,41-42H2,1-2H3,(H,44,52)(H,54,55)(H,56,57)(H3,43,45,46,47). The number of nitrogen functional groups attached to an aromatic ring is 1. The lowest BCUT2D eigenvalue weighted by Gasteiger charge is -2.35. The summed E-state index contributed by atoms with van der Waals surface area (Å²) in [7, 11) is 1.68. The highest BCUT2D eigenvalue weighted by Gasteiger charge is 2.22. The highest BCUT2D eigenvalue weighted by Crippen LogP contribution is 2.28. The van der Waals surface area contributed by atoms with Crippen LogP contribution in [0.1, 0.15) is 43.7 Å². The number of benzene rings is 1. The van der Waals surface area contributed by atoms with Gasteiger partial charge in [-0.3, -0.25) is 24.1 Å². The number of carbonyl (C=O) groups excluding carboxylic acids is 2. The average Bonchev–Trinajstić information content (AvgIpc) is 3.65. The number of methoxy groups -OCH3 is 1. The number of unbranched alkanes of at least 4 members (excludes halogenated alkanes) is 2. The molecule has 1 aromatic carbocycles. The Morgan fingerprint density at radius 3 is 2.31 bits per heavy atom. The van der Waals surface area contributed by atoms with Crippen LogP contribution in [0.25, 0.3) is 11.0 Å². The van der Waals surface area contributed by atoms with Gasteiger partial charge in [0.1, 0.15) is 23.3 Å². The fraction of sp³-hybridized carbons (Fsp3) is 0.575. The van der Waals surface area contributed by atoms with E-state index < -0.39 is 29.9 Å². The summed E-state index contributed by atoms with van der Waals surface area (Å²) >= 11 is 2.45. The van der Waals surface area contributed by atoms with Crippen LogP contribution in [0, 0.1) is 0 Å². The lowest BCUT2D eigenvalue weighted by Crippen LogP contribution is -2.48. The summed E-state index contributed by atoms with van der Waals surface area (Å²) < 4.78 is 13.5. The van der Waals surface area contributed by atoms with Gasteiger partial charge >= 0.3 is 11.9 Å². The van der Waals surface area contributed by atoms with E-state index in [0.717, 1.165) is 79.2 Å². The third-order valence-electron chi connectivity index (χ3n) is 9.71. The average molecular weight is 904 g/mol. The number of hydrogen-bond donors (Lipinski definition) is 7. The predicted molar refractivity (Wildman–Crippen MR) is 242 cm³/mol. The lowest BCUT2D eigenvalue weighted by molar-refractivity contribution is -0.138. The Labute approximate surface area is 370 Å². The number of carbonyl (C=O) groups is 4. The molecule has 342 valence electrons. The number of ether oxygens (including phenoxy) is 2. The molecular weight excluding hydrogens is 843 g/mol. The highest BCUT2D eigenvalue weighted by atomic mass is 32.2. The molecule has 0 bridgehead atoms. The molecule has 0 radical (unpaired) electrons. The Kier molecular flexibility index (Phi) is 21.3. The fourth-order valence-electron chi connectivity index (χ4n) is 6.34. The molecule has 0 saturated carbocycles. The van der Waals surface area contributed by atoms with Gasteiger partial charge < -0.3 is 61.8 Å². The van der Waals surface area contributed by atoms with E-state index in [0.29, 0.717) is 25.3 Å². The van der Waals surface area contributed by atoms with Crippen LogP contribution < -0.4 is 32.6 Å². The van der Waals surface area contributed by atoms with Gasteiger partial charge in [0, 0.05) is 80.6 Å². The second-order valence-electron chi connectivity index (χ2n) is 14.6. The van der Waals surface area contributed by atoms with Gasteiger partial charge in [0.05, 0.1) is 44.5 Å². The number of oxime groups is 1. The summed E-state index contributed by atoms with van der Waals surface area (Å²) in [5.41, 5.74) is 21.4. The second kappa shape index (κ2) is 26.6. The number of anilines is 2. The molecule has 3 aromatic rings. The zero-order valence-corrected chi connectivity index (χ0v) is 37.1. The van der Waals surface area contributed by atoms with E-state index in [1.807, 2.05) is 17.2 Å². The Balaban J connectivity index is 1.13. The summed E-state index contributed by atoms with van der Waals surface area (Å²) in [4.78, 5) is 65.4. The van der Waals surface area contributed by atoms with Crippen LogP contribution >= 0.6 is 23.5 Å². The Morgan fingerprint density at radius 1 is 0.935 bits per heavy atom. The number of nitrogens with zero attached hydrogens (tertiary/aromatic N) is 6. The molecule has 0 spiro atoms. The second-order valence-corrected chi connectivity index (χ2v) is 16.7. The van der Waals surface area contributed by atoms with Gasteiger partial charge in [-0.25, -0.2) is 4.98 Å². The van der Waals surface area contributed by atoms with Gasteiger partial charge in [-0.15, -0.1) is 0 Å². The first-order valence-corrected chi connectivity index (χ1v) is 22.9. The number of thioether (sulfide) groups is 2. The van der Waals surface area contributed by atoms with Crippen molar-refractivity contribution >= 4 is 75.8 Å². The molecule has 2 unspecified atom stereocenters. The molecule has 0 aliphatic carbocycles. The zero-order chi connectivity index (χ0) is 44.9. The number of aromatic nitrogens is 3. The summed E-state index contributed by atoms with van der Waals surface area (Å²) in [5, 5.41) is 28.1. The van der Waals surface area contributed by atoms with Gasteiger partial charge in [-0.05, 0) is 24.1 Å². The van der Waals surface area contributed by atoms with E-state index >= 15 is 0 Å². The van der Waals surface area contributed by atoms with Crippen LogP contribution in [0.15, 0.2) is 35.6 Å². The topological polar surface area (TPSA) is 288 Å². The van der Waals surface area contributed by atoms with Gasteiger partial charge in [-0.1, -0.05) is 37.1 Å². The predicted octanol–water partition coefficient (Wildman–Crippen LogP) is 1.50.